The average Bonchev–Trinajstić information content (AvgIpc) is 2.62. The summed E-state index contributed by atoms with van der Waals surface area (Å²) in [5.41, 5.74) is 3.30. The van der Waals surface area contributed by atoms with Crippen molar-refractivity contribution in [2.45, 2.75) is 62.6 Å². The van der Waals surface area contributed by atoms with E-state index in [2.05, 4.69) is 23.3 Å². The average molecular weight is 387 g/mol. The van der Waals surface area contributed by atoms with Gasteiger partial charge >= 0.3 is 157 Å². The summed E-state index contributed by atoms with van der Waals surface area (Å²) in [7, 11) is 0. The molecule has 2 aromatic rings. The number of aromatic nitrogens is 1. The van der Waals surface area contributed by atoms with Crippen LogP contribution in [0.3, 0.4) is 0 Å². The Labute approximate surface area is 157 Å². The van der Waals surface area contributed by atoms with Crippen LogP contribution in [0.15, 0.2) is 36.5 Å². The van der Waals surface area contributed by atoms with Crippen molar-refractivity contribution in [3.8, 4) is 11.3 Å². The SMILES string of the molecule is [2H]C([2H])([2H])c1ccc(-c2cc(CC3CCCCC3([2H])[2H])[c]([Ge]([CH3])([CH3])[CH3])cn2)cc1. The molecule has 0 amide bonds. The summed E-state index contributed by atoms with van der Waals surface area (Å²) in [5.74, 6) is 7.09. The molecule has 1 fully saturated rings. The predicted molar refractivity (Wildman–Crippen MR) is 108 cm³/mol. The summed E-state index contributed by atoms with van der Waals surface area (Å²) in [6.07, 6.45) is 5.32. The Morgan fingerprint density at radius 1 is 1.17 bits per heavy atom. The van der Waals surface area contributed by atoms with Crippen LogP contribution in [0.2, 0.25) is 17.3 Å². The van der Waals surface area contributed by atoms with E-state index in [1.807, 2.05) is 18.3 Å². The Morgan fingerprint density at radius 3 is 2.62 bits per heavy atom. The third-order valence-corrected chi connectivity index (χ3v) is 9.19. The first kappa shape index (κ1) is 12.3. The number of hydrogen-bond donors (Lipinski definition) is 0. The van der Waals surface area contributed by atoms with E-state index in [-0.39, 0.29) is 5.92 Å². The molecule has 0 N–H and O–H groups in total. The third-order valence-electron chi connectivity index (χ3n) is 4.86. The Bertz CT molecular complexity index is 853. The topological polar surface area (TPSA) is 12.9 Å². The number of rotatable bonds is 4. The molecule has 1 unspecified atom stereocenters. The minimum absolute atomic E-state index is 0.0490. The van der Waals surface area contributed by atoms with Gasteiger partial charge in [-0.05, 0) is 0 Å². The van der Waals surface area contributed by atoms with Crippen molar-refractivity contribution in [3.05, 3.63) is 47.7 Å². The maximum absolute atomic E-state index is 8.47. The first-order valence-electron chi connectivity index (χ1n) is 11.5. The van der Waals surface area contributed by atoms with Crippen LogP contribution in [0.1, 0.15) is 50.0 Å². The molecule has 1 aromatic heterocycles. The van der Waals surface area contributed by atoms with Crippen molar-refractivity contribution < 1.29 is 6.85 Å². The van der Waals surface area contributed by atoms with Gasteiger partial charge in [-0.15, -0.1) is 0 Å². The minimum atomic E-state index is -2.17. The predicted octanol–water partition coefficient (Wildman–Crippen LogP) is 5.73. The summed E-state index contributed by atoms with van der Waals surface area (Å²) in [5, 5.41) is 0. The first-order valence-corrected chi connectivity index (χ1v) is 16.3. The number of pyridine rings is 1. The van der Waals surface area contributed by atoms with Gasteiger partial charge in [-0.25, -0.2) is 0 Å². The molecule has 0 aliphatic heterocycles. The van der Waals surface area contributed by atoms with Crippen LogP contribution in [0.4, 0.5) is 0 Å². The van der Waals surface area contributed by atoms with Gasteiger partial charge in [-0.3, -0.25) is 0 Å². The number of aryl methyl sites for hydroxylation is 1. The van der Waals surface area contributed by atoms with Crippen LogP contribution in [-0.2, 0) is 6.42 Å². The van der Waals surface area contributed by atoms with Gasteiger partial charge in [0.2, 0.25) is 0 Å². The fourth-order valence-electron chi connectivity index (χ4n) is 3.50. The van der Waals surface area contributed by atoms with Crippen LogP contribution in [0, 0.1) is 12.8 Å². The van der Waals surface area contributed by atoms with E-state index in [1.165, 1.54) is 9.96 Å². The van der Waals surface area contributed by atoms with Crippen molar-refractivity contribution in [2.75, 3.05) is 0 Å². The molecule has 0 bridgehead atoms. The Hall–Kier alpha value is -1.09. The van der Waals surface area contributed by atoms with Crippen molar-refractivity contribution in [3.63, 3.8) is 0 Å². The molecule has 1 atom stereocenters. The molecule has 1 aliphatic carbocycles. The van der Waals surface area contributed by atoms with Crippen LogP contribution in [-0.4, -0.2) is 18.3 Å². The Kier molecular flexibility index (Phi) is 3.81. The van der Waals surface area contributed by atoms with Crippen LogP contribution >= 0.6 is 0 Å². The standard InChI is InChI=1S/C22H31GeN/c1-17-10-12-19(13-11-17)22-15-20(14-18-8-6-5-7-9-18)21(16-24-22)23(2,3)4/h10-13,15-16,18H,5-9,14H2,1-4H3/i1D3,8D2. The number of nitrogens with zero attached hydrogens (tertiary/aromatic N) is 1. The van der Waals surface area contributed by atoms with Crippen LogP contribution in [0.5, 0.6) is 0 Å². The molecule has 0 radical (unpaired) electrons. The summed E-state index contributed by atoms with van der Waals surface area (Å²) in [6.45, 7) is -2.10. The van der Waals surface area contributed by atoms with Crippen LogP contribution < -0.4 is 4.40 Å². The first-order chi connectivity index (χ1) is 13.4. The molecule has 3 rings (SSSR count). The number of benzene rings is 1. The van der Waals surface area contributed by atoms with Gasteiger partial charge in [0, 0.05) is 0 Å². The summed E-state index contributed by atoms with van der Waals surface area (Å²) in [4.78, 5) is 4.71. The molecule has 1 heterocycles. The van der Waals surface area contributed by atoms with E-state index in [0.717, 1.165) is 36.9 Å². The number of hydrogen-bond acceptors (Lipinski definition) is 1. The zero-order chi connectivity index (χ0) is 21.4. The zero-order valence-corrected chi connectivity index (χ0v) is 17.1. The van der Waals surface area contributed by atoms with Crippen LogP contribution in [0.25, 0.3) is 11.3 Å². The van der Waals surface area contributed by atoms with Gasteiger partial charge in [0.25, 0.3) is 0 Å². The van der Waals surface area contributed by atoms with Gasteiger partial charge < -0.3 is 0 Å². The maximum atomic E-state index is 8.47. The Balaban J connectivity index is 1.98. The molecule has 128 valence electrons. The second kappa shape index (κ2) is 7.43. The van der Waals surface area contributed by atoms with Crippen molar-refractivity contribution >= 4 is 17.7 Å². The van der Waals surface area contributed by atoms with Gasteiger partial charge in [-0.1, -0.05) is 0 Å². The molecule has 2 heteroatoms. The second-order valence-corrected chi connectivity index (χ2v) is 18.5. The molecule has 1 saturated carbocycles. The fourth-order valence-corrected chi connectivity index (χ4v) is 6.84. The van der Waals surface area contributed by atoms with E-state index in [9.17, 15) is 0 Å². The van der Waals surface area contributed by atoms with Gasteiger partial charge in [-0.2, -0.15) is 0 Å². The van der Waals surface area contributed by atoms with E-state index in [1.54, 1.807) is 12.1 Å². The molecule has 0 saturated heterocycles. The molecule has 1 nitrogen and oxygen atoms in total. The second-order valence-electron chi connectivity index (χ2n) is 7.90. The fraction of sp³-hybridized carbons (Fsp3) is 0.500. The zero-order valence-electron chi connectivity index (χ0n) is 20.0. The molecule has 1 aromatic carbocycles. The quantitative estimate of drug-likeness (QED) is 0.611. The summed E-state index contributed by atoms with van der Waals surface area (Å²) >= 11 is -2.17. The Morgan fingerprint density at radius 2 is 1.96 bits per heavy atom. The van der Waals surface area contributed by atoms with E-state index in [0.29, 0.717) is 12.0 Å². The van der Waals surface area contributed by atoms with Crippen molar-refractivity contribution in [1.29, 1.82) is 0 Å². The van der Waals surface area contributed by atoms with Gasteiger partial charge in [0.05, 0.1) is 0 Å². The normalized spacial score (nSPS) is 24.3. The molecular weight excluding hydrogens is 351 g/mol. The molecule has 0 spiro atoms. The molecular formula is C22H31GeN. The van der Waals surface area contributed by atoms with E-state index >= 15 is 0 Å². The van der Waals surface area contributed by atoms with Gasteiger partial charge in [0.1, 0.15) is 0 Å². The monoisotopic (exact) mass is 388 g/mol. The van der Waals surface area contributed by atoms with E-state index < -0.39 is 26.5 Å². The summed E-state index contributed by atoms with van der Waals surface area (Å²) < 4.78 is 40.9. The van der Waals surface area contributed by atoms with Crippen molar-refractivity contribution in [1.82, 2.24) is 4.98 Å². The van der Waals surface area contributed by atoms with E-state index in [4.69, 9.17) is 11.8 Å². The summed E-state index contributed by atoms with van der Waals surface area (Å²) in [6, 6.07) is 9.08. The molecule has 24 heavy (non-hydrogen) atoms. The van der Waals surface area contributed by atoms with Crippen molar-refractivity contribution in [2.24, 2.45) is 5.92 Å². The third kappa shape index (κ3) is 4.30. The van der Waals surface area contributed by atoms with Gasteiger partial charge in [0.15, 0.2) is 0 Å². The molecule has 1 aliphatic rings.